The highest BCUT2D eigenvalue weighted by molar-refractivity contribution is 7.92. The van der Waals surface area contributed by atoms with Crippen molar-refractivity contribution in [2.45, 2.75) is 105 Å². The number of carboxylic acids is 1. The van der Waals surface area contributed by atoms with E-state index in [-0.39, 0.29) is 92.7 Å². The van der Waals surface area contributed by atoms with Crippen LogP contribution in [-0.2, 0) is 40.7 Å². The Morgan fingerprint density at radius 1 is 0.553 bits per heavy atom. The van der Waals surface area contributed by atoms with E-state index in [0.29, 0.717) is 70.7 Å². The third-order valence-corrected chi connectivity index (χ3v) is 21.1. The maximum Gasteiger partial charge on any atom is 0.312 e. The fourth-order valence-corrected chi connectivity index (χ4v) is 12.2. The van der Waals surface area contributed by atoms with E-state index in [2.05, 4.69) is 65.8 Å². The number of nitrogen functional groups attached to an aromatic ring is 2. The third kappa shape index (κ3) is 15.7. The molecule has 7 heterocycles. The summed E-state index contributed by atoms with van der Waals surface area (Å²) in [6, 6.07) is 26.6. The number of carbonyl (C=O) groups is 2. The van der Waals surface area contributed by atoms with Crippen molar-refractivity contribution in [1.29, 1.82) is 0 Å². The van der Waals surface area contributed by atoms with Crippen LogP contribution in [0.25, 0.3) is 80.0 Å². The molecular weight excluding hydrogens is 1270 g/mol. The van der Waals surface area contributed by atoms with Crippen molar-refractivity contribution in [1.82, 2.24) is 70.7 Å². The van der Waals surface area contributed by atoms with Crippen LogP contribution in [0.3, 0.4) is 0 Å². The van der Waals surface area contributed by atoms with Gasteiger partial charge in [-0.15, -0.1) is 30.6 Å². The fourth-order valence-electron chi connectivity index (χ4n) is 8.97. The van der Waals surface area contributed by atoms with Gasteiger partial charge in [-0.3, -0.25) is 14.6 Å². The van der Waals surface area contributed by atoms with Gasteiger partial charge in [-0.25, -0.2) is 50.2 Å². The molecule has 0 aliphatic carbocycles. The van der Waals surface area contributed by atoms with Gasteiger partial charge in [0.1, 0.15) is 12.1 Å². The molecule has 0 spiro atoms. The molecule has 0 radical (unpaired) electrons. The van der Waals surface area contributed by atoms with Crippen molar-refractivity contribution < 1.29 is 60.3 Å². The normalized spacial score (nSPS) is 13.2. The number of nitrogens with one attached hydrogen (secondary N) is 1. The highest BCUT2D eigenvalue weighted by atomic mass is 32.2. The van der Waals surface area contributed by atoms with Crippen LogP contribution in [0.4, 0.5) is 11.6 Å². The fraction of sp³-hybridized carbons (Fsp3) is 0.290. The van der Waals surface area contributed by atoms with Crippen molar-refractivity contribution in [2.24, 2.45) is 5.73 Å². The molecule has 500 valence electrons. The molecule has 1 aliphatic rings. The lowest BCUT2D eigenvalue weighted by atomic mass is 10.1. The summed E-state index contributed by atoms with van der Waals surface area (Å²) in [5.41, 5.74) is 24.3. The molecule has 1 amide bonds. The monoisotopic (exact) mass is 1350 g/mol. The molecule has 0 saturated carbocycles. The van der Waals surface area contributed by atoms with Crippen molar-refractivity contribution in [3.8, 4) is 80.0 Å². The molecule has 0 unspecified atom stereocenters. The molecule has 4 aromatic carbocycles. The minimum atomic E-state index is -3.38. The highest BCUT2D eigenvalue weighted by Crippen LogP contribution is 2.32. The highest BCUT2D eigenvalue weighted by Gasteiger charge is 2.27. The second kappa shape index (κ2) is 28.8. The van der Waals surface area contributed by atoms with E-state index >= 15 is 0 Å². The number of aliphatic carboxylic acids is 1. The molecule has 11 rings (SSSR count). The maximum absolute atomic E-state index is 12.7. The predicted octanol–water partition coefficient (Wildman–Crippen LogP) is 8.58. The Morgan fingerprint density at radius 2 is 1.00 bits per heavy atom. The first-order chi connectivity index (χ1) is 44.6. The standard InChI is InChI=1S/C23H24N6O3S.C21H25N7O4S.C18H18N4O5S.5H2/c1-13(2)33(30,31)18-9-7-15(8-10-18)19-12-26-21(25)20(27-19)23-29-28-22(32-23)17-6-4-5-16(11-17)14(3)24;1-13(2)33(30,31)15-6-4-14(5-7-15)16-12-24-18(22)17(25-16)19-26-27-20(32-19)21(29)28-10-3-8-23-9-11-28;1-10(2)28(25,26)13-6-4-12(5-7-13)14-9-19-11(3)17(20-14)18-22-21-15(27-18)8-16(23)24;;;;;/h4-14H,24H2,1-3H3,(H2,25,26);4-7,12-13,23H,3,8-11H2,1-2H3,(H2,22,24);4-7,9-10H,8H2,1-3H3,(H,23,24);5*1H/t14-;;;;;;;/m1......./s1. The third-order valence-electron chi connectivity index (χ3n) is 14.6. The molecule has 1 saturated heterocycles. The average Bonchev–Trinajstić information content (AvgIpc) is 1.36. The van der Waals surface area contributed by atoms with E-state index in [9.17, 15) is 34.8 Å². The van der Waals surface area contributed by atoms with Crippen molar-refractivity contribution in [3.05, 3.63) is 139 Å². The van der Waals surface area contributed by atoms with E-state index < -0.39 is 51.2 Å². The number of aromatic nitrogens is 12. The summed E-state index contributed by atoms with van der Waals surface area (Å²) < 4.78 is 90.7. The van der Waals surface area contributed by atoms with Crippen molar-refractivity contribution in [3.63, 3.8) is 0 Å². The molecule has 29 nitrogen and oxygen atoms in total. The molecule has 32 heteroatoms. The summed E-state index contributed by atoms with van der Waals surface area (Å²) in [6.45, 7) is 16.1. The number of hydrogen-bond donors (Lipinski definition) is 5. The topological polar surface area (TPSA) is 444 Å². The van der Waals surface area contributed by atoms with E-state index in [1.54, 1.807) is 108 Å². The number of sulfone groups is 3. The zero-order valence-electron chi connectivity index (χ0n) is 52.2. The summed E-state index contributed by atoms with van der Waals surface area (Å²) in [4.78, 5) is 52.0. The molecule has 6 aromatic heterocycles. The number of rotatable bonds is 17. The molecule has 1 atom stereocenters. The van der Waals surface area contributed by atoms with Crippen LogP contribution in [0, 0.1) is 6.92 Å². The van der Waals surface area contributed by atoms with Gasteiger partial charge in [0.25, 0.3) is 17.7 Å². The van der Waals surface area contributed by atoms with Crippen LogP contribution in [0.1, 0.15) is 95.9 Å². The zero-order valence-corrected chi connectivity index (χ0v) is 54.7. The molecule has 0 bridgehead atoms. The number of anilines is 2. The molecule has 10 aromatic rings. The van der Waals surface area contributed by atoms with Crippen molar-refractivity contribution >= 4 is 53.0 Å². The Labute approximate surface area is 548 Å². The molecule has 1 fully saturated rings. The SMILES string of the molecule is CC(C)S(=O)(=O)c1ccc(-c2cnc(N)c(-c3nnc(-c4cccc([C@@H](C)N)c4)o3)n2)cc1.CC(C)S(=O)(=O)c1ccc(-c2cnc(N)c(-c3nnc(C(=O)N4CCCNCC4)o3)n2)cc1.Cc1ncc(-c2ccc(S(=O)(=O)C(C)C)cc2)nc1-c1nnc(CC(=O)O)o1.[HH].[HH].[HH].[HH].[HH]. The summed E-state index contributed by atoms with van der Waals surface area (Å²) in [7, 11) is -10.1. The van der Waals surface area contributed by atoms with E-state index in [1.807, 2.05) is 31.2 Å². The van der Waals surface area contributed by atoms with Crippen LogP contribution in [0.2, 0.25) is 0 Å². The lowest BCUT2D eigenvalue weighted by molar-refractivity contribution is -0.136. The lowest BCUT2D eigenvalue weighted by Crippen LogP contribution is -2.34. The zero-order chi connectivity index (χ0) is 67.8. The number of amides is 1. The first kappa shape index (κ1) is 68.2. The molecule has 8 N–H and O–H groups in total. The number of nitrogens with two attached hydrogens (primary N) is 3. The quantitative estimate of drug-likeness (QED) is 0.0569. The van der Waals surface area contributed by atoms with Gasteiger partial charge in [0.15, 0.2) is 52.5 Å². The maximum atomic E-state index is 12.7. The van der Waals surface area contributed by atoms with E-state index in [1.165, 1.54) is 36.7 Å². The predicted molar refractivity (Wildman–Crippen MR) is 356 cm³/mol. The van der Waals surface area contributed by atoms with Gasteiger partial charge in [-0.2, -0.15) is 0 Å². The number of aryl methyl sites for hydroxylation is 1. The summed E-state index contributed by atoms with van der Waals surface area (Å²) in [5, 5.41) is 34.1. The number of nitrogens with zero attached hydrogens (tertiary/aromatic N) is 13. The number of carbonyl (C=O) groups excluding carboxylic acids is 1. The Kier molecular flexibility index (Phi) is 20.9. The number of hydrogen-bond acceptors (Lipinski definition) is 27. The van der Waals surface area contributed by atoms with Crippen molar-refractivity contribution in [2.75, 3.05) is 37.6 Å². The summed E-state index contributed by atoms with van der Waals surface area (Å²) in [6.07, 6.45) is 4.99. The van der Waals surface area contributed by atoms with Crippen LogP contribution < -0.4 is 22.5 Å². The van der Waals surface area contributed by atoms with Gasteiger partial charge < -0.3 is 45.8 Å². The second-order valence-electron chi connectivity index (χ2n) is 22.2. The minimum Gasteiger partial charge on any atom is -0.481 e. The second-order valence-corrected chi connectivity index (χ2v) is 29.7. The number of carboxylic acid groups (broad SMARTS) is 1. The van der Waals surface area contributed by atoms with Gasteiger partial charge >= 0.3 is 17.8 Å². The molecule has 1 aliphatic heterocycles. The lowest BCUT2D eigenvalue weighted by Gasteiger charge is -2.17. The van der Waals surface area contributed by atoms with Gasteiger partial charge in [0.05, 0.1) is 71.8 Å². The van der Waals surface area contributed by atoms with E-state index in [4.69, 9.17) is 35.6 Å². The number of benzene rings is 4. The van der Waals surface area contributed by atoms with Gasteiger partial charge in [-0.05, 0) is 122 Å². The Bertz CT molecular complexity index is 4740. The van der Waals surface area contributed by atoms with Crippen LogP contribution in [0.15, 0.2) is 144 Å². The molecular formula is C62H77N17O12S3. The summed E-state index contributed by atoms with van der Waals surface area (Å²) in [5.74, 6) is -0.898. The minimum absolute atomic E-state index is 0. The largest absolute Gasteiger partial charge is 0.481 e. The Hall–Kier alpha value is -10.2. The van der Waals surface area contributed by atoms with E-state index in [0.717, 1.165) is 24.1 Å². The van der Waals surface area contributed by atoms with Crippen LogP contribution in [0.5, 0.6) is 0 Å². The van der Waals surface area contributed by atoms with Gasteiger partial charge in [0.2, 0.25) is 11.8 Å². The smallest absolute Gasteiger partial charge is 0.312 e. The first-order valence-corrected chi connectivity index (χ1v) is 34.0. The first-order valence-electron chi connectivity index (χ1n) is 29.3. The molecule has 94 heavy (non-hydrogen) atoms. The summed E-state index contributed by atoms with van der Waals surface area (Å²) >= 11 is 0. The Morgan fingerprint density at radius 3 is 1.49 bits per heavy atom. The van der Waals surface area contributed by atoms with Crippen LogP contribution in [-0.4, -0.2) is 150 Å². The van der Waals surface area contributed by atoms with Gasteiger partial charge in [0, 0.05) is 55.1 Å². The average molecular weight is 1350 g/mol. The van der Waals surface area contributed by atoms with Crippen LogP contribution >= 0.6 is 0 Å². The van der Waals surface area contributed by atoms with Gasteiger partial charge in [-0.1, -0.05) is 48.5 Å². The Balaban J connectivity index is 0.000000309.